The fraction of sp³-hybridized carbons (Fsp3) is 0.526. The molecule has 1 aliphatic heterocycles. The summed E-state index contributed by atoms with van der Waals surface area (Å²) in [5.74, 6) is 0.424. The summed E-state index contributed by atoms with van der Waals surface area (Å²) in [6.07, 6.45) is 1.62. The van der Waals surface area contributed by atoms with Crippen molar-refractivity contribution in [1.29, 1.82) is 0 Å². The lowest BCUT2D eigenvalue weighted by Crippen LogP contribution is -2.49. The number of fused-ring (bicyclic) bond motifs is 1. The van der Waals surface area contributed by atoms with Crippen molar-refractivity contribution in [2.45, 2.75) is 38.3 Å². The minimum absolute atomic E-state index is 0.0700. The number of hydrogen-bond donors (Lipinski definition) is 1. The van der Waals surface area contributed by atoms with E-state index in [2.05, 4.69) is 15.2 Å². The molecule has 0 atom stereocenters. The second-order valence-corrected chi connectivity index (χ2v) is 7.27. The molecule has 6 nitrogen and oxygen atoms in total. The number of rotatable bonds is 2. The van der Waals surface area contributed by atoms with E-state index in [0.29, 0.717) is 37.7 Å². The highest BCUT2D eigenvalue weighted by Crippen LogP contribution is 2.29. The fourth-order valence-corrected chi connectivity index (χ4v) is 3.86. The van der Waals surface area contributed by atoms with Crippen LogP contribution in [-0.4, -0.2) is 52.2 Å². The lowest BCUT2D eigenvalue weighted by Gasteiger charge is -2.35. The lowest BCUT2D eigenvalue weighted by atomic mass is 10.1. The summed E-state index contributed by atoms with van der Waals surface area (Å²) in [6.45, 7) is 2.03. The third kappa shape index (κ3) is 3.70. The number of carbonyl (C=O) groups excluding carboxylic acids is 1. The molecule has 2 aliphatic rings. The molecule has 150 valence electrons. The largest absolute Gasteiger partial charge is 0.417 e. The summed E-state index contributed by atoms with van der Waals surface area (Å²) in [7, 11) is 0. The normalized spacial score (nSPS) is 18.0. The Morgan fingerprint density at radius 1 is 1.04 bits per heavy atom. The van der Waals surface area contributed by atoms with Crippen molar-refractivity contribution in [1.82, 2.24) is 20.1 Å². The quantitative estimate of drug-likeness (QED) is 0.797. The van der Waals surface area contributed by atoms with Gasteiger partial charge in [0.15, 0.2) is 5.69 Å². The minimum Gasteiger partial charge on any atom is -0.353 e. The molecular weight excluding hydrogens is 371 g/mol. The molecule has 0 bridgehead atoms. The number of carbonyl (C=O) groups is 1. The fourth-order valence-electron chi connectivity index (χ4n) is 3.86. The van der Waals surface area contributed by atoms with Crippen LogP contribution in [0.4, 0.5) is 19.0 Å². The Morgan fingerprint density at radius 3 is 2.46 bits per heavy atom. The molecule has 0 spiro atoms. The molecule has 0 radical (unpaired) electrons. The van der Waals surface area contributed by atoms with Crippen LogP contribution in [0.1, 0.15) is 46.6 Å². The first-order valence-corrected chi connectivity index (χ1v) is 9.57. The smallest absolute Gasteiger partial charge is 0.353 e. The van der Waals surface area contributed by atoms with Crippen LogP contribution in [-0.2, 0) is 19.0 Å². The number of anilines is 1. The lowest BCUT2D eigenvalue weighted by molar-refractivity contribution is -0.137. The molecule has 28 heavy (non-hydrogen) atoms. The molecule has 2 aromatic heterocycles. The predicted molar refractivity (Wildman–Crippen MR) is 97.2 cm³/mol. The van der Waals surface area contributed by atoms with Crippen LogP contribution in [0, 0.1) is 0 Å². The molecule has 4 rings (SSSR count). The van der Waals surface area contributed by atoms with Gasteiger partial charge in [0, 0.05) is 43.6 Å². The molecule has 1 saturated heterocycles. The number of aromatic nitrogens is 3. The van der Waals surface area contributed by atoms with Gasteiger partial charge in [0.1, 0.15) is 5.82 Å². The number of aryl methyl sites for hydroxylation is 1. The monoisotopic (exact) mass is 393 g/mol. The number of piperazine rings is 1. The van der Waals surface area contributed by atoms with Crippen molar-refractivity contribution in [3.63, 3.8) is 0 Å². The van der Waals surface area contributed by atoms with Gasteiger partial charge in [0.2, 0.25) is 0 Å². The number of nitrogens with one attached hydrogen (secondary N) is 1. The molecule has 1 N–H and O–H groups in total. The topological polar surface area (TPSA) is 65.1 Å². The van der Waals surface area contributed by atoms with Crippen molar-refractivity contribution in [3.05, 3.63) is 40.8 Å². The van der Waals surface area contributed by atoms with Gasteiger partial charge in [-0.15, -0.1) is 0 Å². The second-order valence-electron chi connectivity index (χ2n) is 7.27. The number of nitrogens with zero attached hydrogens (tertiary/aromatic N) is 4. The van der Waals surface area contributed by atoms with Crippen LogP contribution in [0.25, 0.3) is 0 Å². The first kappa shape index (κ1) is 18.8. The maximum Gasteiger partial charge on any atom is 0.417 e. The van der Waals surface area contributed by atoms with Crippen molar-refractivity contribution in [2.24, 2.45) is 0 Å². The Bertz CT molecular complexity index is 838. The zero-order valence-electron chi connectivity index (χ0n) is 15.4. The molecule has 1 fully saturated rings. The SMILES string of the molecule is O=C(c1n[nH]c2c1CCCCC2)N1CCN(c2ccc(C(F)(F)F)cn2)CC1. The van der Waals surface area contributed by atoms with Crippen molar-refractivity contribution >= 4 is 11.7 Å². The number of hydrogen-bond acceptors (Lipinski definition) is 4. The summed E-state index contributed by atoms with van der Waals surface area (Å²) in [5, 5.41) is 7.30. The van der Waals surface area contributed by atoms with Gasteiger partial charge in [-0.05, 0) is 37.8 Å². The van der Waals surface area contributed by atoms with Crippen LogP contribution < -0.4 is 4.90 Å². The summed E-state index contributed by atoms with van der Waals surface area (Å²) in [5.41, 5.74) is 1.89. The number of aromatic amines is 1. The van der Waals surface area contributed by atoms with Crippen LogP contribution in [0.5, 0.6) is 0 Å². The molecular formula is C19H22F3N5O. The number of H-pyrrole nitrogens is 1. The second kappa shape index (κ2) is 7.44. The summed E-state index contributed by atoms with van der Waals surface area (Å²) in [4.78, 5) is 20.5. The van der Waals surface area contributed by atoms with E-state index in [0.717, 1.165) is 55.6 Å². The molecule has 1 aliphatic carbocycles. The zero-order valence-corrected chi connectivity index (χ0v) is 15.4. The van der Waals surface area contributed by atoms with E-state index in [9.17, 15) is 18.0 Å². The van der Waals surface area contributed by atoms with Gasteiger partial charge in [0.05, 0.1) is 5.56 Å². The van der Waals surface area contributed by atoms with Gasteiger partial charge in [-0.1, -0.05) is 6.42 Å². The third-order valence-electron chi connectivity index (χ3n) is 5.47. The maximum absolute atomic E-state index is 12.9. The van der Waals surface area contributed by atoms with Crippen molar-refractivity contribution < 1.29 is 18.0 Å². The number of halogens is 3. The highest BCUT2D eigenvalue weighted by Gasteiger charge is 2.31. The van der Waals surface area contributed by atoms with E-state index in [-0.39, 0.29) is 5.91 Å². The van der Waals surface area contributed by atoms with Gasteiger partial charge < -0.3 is 9.80 Å². The van der Waals surface area contributed by atoms with Crippen LogP contribution >= 0.6 is 0 Å². The summed E-state index contributed by atoms with van der Waals surface area (Å²) < 4.78 is 38.0. The molecule has 0 aromatic carbocycles. The Hall–Kier alpha value is -2.58. The van der Waals surface area contributed by atoms with Crippen molar-refractivity contribution in [3.8, 4) is 0 Å². The van der Waals surface area contributed by atoms with Gasteiger partial charge >= 0.3 is 6.18 Å². The van der Waals surface area contributed by atoms with E-state index in [1.165, 1.54) is 6.07 Å². The Labute approximate surface area is 160 Å². The predicted octanol–water partition coefficient (Wildman–Crippen LogP) is 3.05. The Kier molecular flexibility index (Phi) is 4.99. The minimum atomic E-state index is -4.39. The highest BCUT2D eigenvalue weighted by atomic mass is 19.4. The van der Waals surface area contributed by atoms with Crippen LogP contribution in [0.15, 0.2) is 18.3 Å². The Morgan fingerprint density at radius 2 is 1.79 bits per heavy atom. The molecule has 9 heteroatoms. The van der Waals surface area contributed by atoms with Crippen molar-refractivity contribution in [2.75, 3.05) is 31.1 Å². The van der Waals surface area contributed by atoms with Crippen LogP contribution in [0.3, 0.4) is 0 Å². The molecule has 3 heterocycles. The first-order valence-electron chi connectivity index (χ1n) is 9.57. The van der Waals surface area contributed by atoms with Gasteiger partial charge in [-0.3, -0.25) is 9.89 Å². The Balaban J connectivity index is 1.40. The molecule has 0 saturated carbocycles. The van der Waals surface area contributed by atoms with E-state index < -0.39 is 11.7 Å². The van der Waals surface area contributed by atoms with E-state index in [4.69, 9.17) is 0 Å². The first-order chi connectivity index (χ1) is 13.4. The molecule has 2 aromatic rings. The van der Waals surface area contributed by atoms with E-state index >= 15 is 0 Å². The number of pyridine rings is 1. The van der Waals surface area contributed by atoms with E-state index in [1.807, 2.05) is 4.90 Å². The summed E-state index contributed by atoms with van der Waals surface area (Å²) in [6, 6.07) is 2.42. The third-order valence-corrected chi connectivity index (χ3v) is 5.47. The zero-order chi connectivity index (χ0) is 19.7. The van der Waals surface area contributed by atoms with Gasteiger partial charge in [-0.25, -0.2) is 4.98 Å². The number of alkyl halides is 3. The standard InChI is InChI=1S/C19H22F3N5O/c20-19(21,22)13-6-7-16(23-12-13)26-8-10-27(11-9-26)18(28)17-14-4-2-1-3-5-15(14)24-25-17/h6-7,12H,1-5,8-11H2,(H,24,25). The summed E-state index contributed by atoms with van der Waals surface area (Å²) >= 11 is 0. The highest BCUT2D eigenvalue weighted by molar-refractivity contribution is 5.94. The molecule has 1 amide bonds. The van der Waals surface area contributed by atoms with Crippen LogP contribution in [0.2, 0.25) is 0 Å². The van der Waals surface area contributed by atoms with Gasteiger partial charge in [0.25, 0.3) is 5.91 Å². The maximum atomic E-state index is 12.9. The number of amides is 1. The van der Waals surface area contributed by atoms with Gasteiger partial charge in [-0.2, -0.15) is 18.3 Å². The average molecular weight is 393 g/mol. The average Bonchev–Trinajstić information content (AvgIpc) is 2.95. The van der Waals surface area contributed by atoms with E-state index in [1.54, 1.807) is 4.90 Å². The molecule has 0 unspecified atom stereocenters.